The molecule has 0 radical (unpaired) electrons. The number of nitrogens with one attached hydrogen (secondary N) is 2. The molecule has 0 aliphatic rings. The first-order valence-electron chi connectivity index (χ1n) is 4.69. The summed E-state index contributed by atoms with van der Waals surface area (Å²) in [6.45, 7) is 3.59. The van der Waals surface area contributed by atoms with E-state index in [2.05, 4.69) is 15.3 Å². The first kappa shape index (κ1) is 10.7. The Morgan fingerprint density at radius 1 is 1.47 bits per heavy atom. The molecule has 2 N–H and O–H groups in total. The van der Waals surface area contributed by atoms with Gasteiger partial charge in [-0.3, -0.25) is 0 Å². The summed E-state index contributed by atoms with van der Waals surface area (Å²) < 4.78 is 0.837. The minimum atomic E-state index is 0.802. The average Bonchev–Trinajstić information content (AvgIpc) is 2.76. The molecule has 0 saturated carbocycles. The van der Waals surface area contributed by atoms with E-state index in [1.807, 2.05) is 25.3 Å². The number of hydrogen-bond acceptors (Lipinski definition) is 3. The lowest BCUT2D eigenvalue weighted by molar-refractivity contribution is 0.688. The predicted octanol–water partition coefficient (Wildman–Crippen LogP) is 2.72. The van der Waals surface area contributed by atoms with E-state index >= 15 is 0 Å². The highest BCUT2D eigenvalue weighted by Gasteiger charge is 1.99. The van der Waals surface area contributed by atoms with Crippen molar-refractivity contribution in [2.45, 2.75) is 20.0 Å². The van der Waals surface area contributed by atoms with Crippen LogP contribution in [0.1, 0.15) is 16.4 Å². The molecule has 0 aliphatic heterocycles. The number of H-pyrrole nitrogens is 1. The van der Waals surface area contributed by atoms with E-state index < -0.39 is 0 Å². The van der Waals surface area contributed by atoms with Crippen LogP contribution >= 0.6 is 22.9 Å². The van der Waals surface area contributed by atoms with Gasteiger partial charge in [0, 0.05) is 29.9 Å². The molecule has 0 amide bonds. The van der Waals surface area contributed by atoms with Gasteiger partial charge in [0.15, 0.2) is 0 Å². The van der Waals surface area contributed by atoms with E-state index in [-0.39, 0.29) is 0 Å². The van der Waals surface area contributed by atoms with Crippen molar-refractivity contribution in [3.05, 3.63) is 39.1 Å². The van der Waals surface area contributed by atoms with Gasteiger partial charge in [0.2, 0.25) is 0 Å². The summed E-state index contributed by atoms with van der Waals surface area (Å²) in [5, 5.41) is 3.33. The molecule has 0 saturated heterocycles. The van der Waals surface area contributed by atoms with E-state index in [0.717, 1.165) is 28.9 Å². The van der Waals surface area contributed by atoms with Crippen LogP contribution in [-0.4, -0.2) is 9.97 Å². The smallest absolute Gasteiger partial charge is 0.103 e. The maximum absolute atomic E-state index is 5.83. The summed E-state index contributed by atoms with van der Waals surface area (Å²) in [7, 11) is 0. The molecule has 0 spiro atoms. The number of hydrogen-bond donors (Lipinski definition) is 2. The van der Waals surface area contributed by atoms with Crippen molar-refractivity contribution in [3.8, 4) is 0 Å². The number of rotatable bonds is 4. The molecule has 0 unspecified atom stereocenters. The molecule has 0 bridgehead atoms. The Labute approximate surface area is 97.5 Å². The van der Waals surface area contributed by atoms with Gasteiger partial charge < -0.3 is 10.3 Å². The molecule has 0 aliphatic carbocycles. The third-order valence-electron chi connectivity index (χ3n) is 2.00. The summed E-state index contributed by atoms with van der Waals surface area (Å²) in [4.78, 5) is 8.55. The van der Waals surface area contributed by atoms with Gasteiger partial charge >= 0.3 is 0 Å². The van der Waals surface area contributed by atoms with Gasteiger partial charge in [-0.15, -0.1) is 11.3 Å². The van der Waals surface area contributed by atoms with Gasteiger partial charge in [-0.25, -0.2) is 4.98 Å². The Balaban J connectivity index is 1.80. The van der Waals surface area contributed by atoms with Gasteiger partial charge in [-0.1, -0.05) is 11.6 Å². The Hall–Kier alpha value is -0.840. The summed E-state index contributed by atoms with van der Waals surface area (Å²) in [5.41, 5.74) is 1.11. The molecule has 0 fully saturated rings. The van der Waals surface area contributed by atoms with Crippen LogP contribution in [0.15, 0.2) is 18.3 Å². The molecule has 2 heterocycles. The molecule has 0 aromatic carbocycles. The van der Waals surface area contributed by atoms with Crippen LogP contribution in [0.4, 0.5) is 0 Å². The van der Waals surface area contributed by atoms with Crippen LogP contribution in [0.3, 0.4) is 0 Å². The second-order valence-corrected chi connectivity index (χ2v) is 5.10. The molecule has 80 valence electrons. The van der Waals surface area contributed by atoms with Gasteiger partial charge in [0.05, 0.1) is 4.34 Å². The zero-order valence-electron chi connectivity index (χ0n) is 8.38. The number of aromatic amines is 1. The molecule has 2 rings (SSSR count). The number of aryl methyl sites for hydroxylation is 1. The topological polar surface area (TPSA) is 40.7 Å². The Kier molecular flexibility index (Phi) is 3.41. The van der Waals surface area contributed by atoms with Gasteiger partial charge in [0.1, 0.15) is 5.82 Å². The summed E-state index contributed by atoms with van der Waals surface area (Å²) in [6.07, 6.45) is 1.85. The van der Waals surface area contributed by atoms with Crippen molar-refractivity contribution in [2.24, 2.45) is 0 Å². The van der Waals surface area contributed by atoms with Gasteiger partial charge in [-0.2, -0.15) is 0 Å². The molecule has 0 atom stereocenters. The first-order valence-corrected chi connectivity index (χ1v) is 5.89. The standard InChI is InChI=1S/C10H12ClN3S/c1-7-13-5-8(14-7)4-12-6-9-2-3-10(11)15-9/h2-3,5,12H,4,6H2,1H3,(H,13,14). The number of thiophene rings is 1. The summed E-state index contributed by atoms with van der Waals surface area (Å²) >= 11 is 7.44. The van der Waals surface area contributed by atoms with E-state index in [4.69, 9.17) is 11.6 Å². The minimum Gasteiger partial charge on any atom is -0.345 e. The summed E-state index contributed by atoms with van der Waals surface area (Å²) in [6, 6.07) is 3.96. The highest BCUT2D eigenvalue weighted by atomic mass is 35.5. The zero-order chi connectivity index (χ0) is 10.7. The number of imidazole rings is 1. The van der Waals surface area contributed by atoms with Crippen molar-refractivity contribution in [3.63, 3.8) is 0 Å². The van der Waals surface area contributed by atoms with Crippen LogP contribution in [0, 0.1) is 6.92 Å². The highest BCUT2D eigenvalue weighted by molar-refractivity contribution is 7.16. The van der Waals surface area contributed by atoms with E-state index in [9.17, 15) is 0 Å². The van der Waals surface area contributed by atoms with E-state index in [1.54, 1.807) is 11.3 Å². The lowest BCUT2D eigenvalue weighted by atomic mass is 10.4. The molecule has 5 heteroatoms. The molecular formula is C10H12ClN3S. The lowest BCUT2D eigenvalue weighted by Gasteiger charge is -1.99. The SMILES string of the molecule is Cc1ncc(CNCc2ccc(Cl)s2)[nH]1. The third kappa shape index (κ3) is 3.06. The van der Waals surface area contributed by atoms with Gasteiger partial charge in [0.25, 0.3) is 0 Å². The van der Waals surface area contributed by atoms with Crippen LogP contribution in [0.25, 0.3) is 0 Å². The van der Waals surface area contributed by atoms with Gasteiger partial charge in [-0.05, 0) is 19.1 Å². The molecule has 3 nitrogen and oxygen atoms in total. The monoisotopic (exact) mass is 241 g/mol. The number of halogens is 1. The van der Waals surface area contributed by atoms with Crippen molar-refractivity contribution < 1.29 is 0 Å². The fraction of sp³-hybridized carbons (Fsp3) is 0.300. The highest BCUT2D eigenvalue weighted by Crippen LogP contribution is 2.20. The van der Waals surface area contributed by atoms with Crippen LogP contribution in [0.5, 0.6) is 0 Å². The van der Waals surface area contributed by atoms with Crippen molar-refractivity contribution in [1.29, 1.82) is 0 Å². The maximum Gasteiger partial charge on any atom is 0.103 e. The van der Waals surface area contributed by atoms with Crippen LogP contribution in [-0.2, 0) is 13.1 Å². The Morgan fingerprint density at radius 3 is 2.93 bits per heavy atom. The quantitative estimate of drug-likeness (QED) is 0.864. The van der Waals surface area contributed by atoms with E-state index in [0.29, 0.717) is 0 Å². The molecule has 15 heavy (non-hydrogen) atoms. The fourth-order valence-corrected chi connectivity index (χ4v) is 2.39. The lowest BCUT2D eigenvalue weighted by Crippen LogP contribution is -2.11. The minimum absolute atomic E-state index is 0.802. The second-order valence-electron chi connectivity index (χ2n) is 3.30. The normalized spacial score (nSPS) is 10.8. The first-order chi connectivity index (χ1) is 7.24. The zero-order valence-corrected chi connectivity index (χ0v) is 9.95. The number of nitrogens with zero attached hydrogens (tertiary/aromatic N) is 1. The van der Waals surface area contributed by atoms with Crippen LogP contribution in [0.2, 0.25) is 4.34 Å². The largest absolute Gasteiger partial charge is 0.345 e. The fourth-order valence-electron chi connectivity index (χ4n) is 1.33. The molecular weight excluding hydrogens is 230 g/mol. The van der Waals surface area contributed by atoms with Crippen LogP contribution < -0.4 is 5.32 Å². The Morgan fingerprint density at radius 2 is 2.33 bits per heavy atom. The average molecular weight is 242 g/mol. The molecule has 2 aromatic heterocycles. The molecule has 2 aromatic rings. The Bertz CT molecular complexity index is 395. The maximum atomic E-state index is 5.83. The van der Waals surface area contributed by atoms with E-state index in [1.165, 1.54) is 4.88 Å². The predicted molar refractivity (Wildman–Crippen MR) is 63.2 cm³/mol. The van der Waals surface area contributed by atoms with Crippen molar-refractivity contribution in [1.82, 2.24) is 15.3 Å². The third-order valence-corrected chi connectivity index (χ3v) is 3.23. The van der Waals surface area contributed by atoms with Crippen molar-refractivity contribution in [2.75, 3.05) is 0 Å². The number of aromatic nitrogens is 2. The summed E-state index contributed by atoms with van der Waals surface area (Å²) in [5.74, 6) is 0.950. The second kappa shape index (κ2) is 4.79. The van der Waals surface area contributed by atoms with Crippen molar-refractivity contribution >= 4 is 22.9 Å².